The van der Waals surface area contributed by atoms with Crippen LogP contribution in [0.25, 0.3) is 44.2 Å². The number of hydrogen-bond donors (Lipinski definition) is 0. The minimum atomic E-state index is -0.199. The minimum Gasteiger partial charge on any atom is -0.456 e. The Hall–Kier alpha value is -6.84. The van der Waals surface area contributed by atoms with Gasteiger partial charge in [0.2, 0.25) is 0 Å². The summed E-state index contributed by atoms with van der Waals surface area (Å²) in [4.78, 5) is 5.08. The molecule has 4 aliphatic rings. The Kier molecular flexibility index (Phi) is 7.00. The van der Waals surface area contributed by atoms with Crippen molar-refractivity contribution in [3.05, 3.63) is 202 Å². The molecule has 0 fully saturated rings. The van der Waals surface area contributed by atoms with Gasteiger partial charge in [0.25, 0.3) is 0 Å². The summed E-state index contributed by atoms with van der Waals surface area (Å²) >= 11 is 0. The fourth-order valence-electron chi connectivity index (χ4n) is 12.2. The van der Waals surface area contributed by atoms with Crippen molar-refractivity contribution in [3.8, 4) is 22.3 Å². The molecule has 8 aromatic carbocycles. The SMILES string of the molecule is CC1(C)c2ccccc2N2c3ccccc3C(C)(C)c3cc(-c4ccc5oc6ccc(-c7cc8c9c(c7)C(C)(C)c7ccccc7N9c7ccccc7C8(C)C)cc6c5c4)cc1c32. The van der Waals surface area contributed by atoms with E-state index < -0.39 is 0 Å². The summed E-state index contributed by atoms with van der Waals surface area (Å²) in [6, 6.07) is 59.5. The van der Waals surface area contributed by atoms with Gasteiger partial charge < -0.3 is 14.2 Å². The molecule has 3 nitrogen and oxygen atoms in total. The summed E-state index contributed by atoms with van der Waals surface area (Å²) < 4.78 is 6.63. The summed E-state index contributed by atoms with van der Waals surface area (Å²) in [6.45, 7) is 19.2. The van der Waals surface area contributed by atoms with Gasteiger partial charge in [0.15, 0.2) is 0 Å². The molecular formula is C60H50N2O. The van der Waals surface area contributed by atoms with Crippen LogP contribution in [0, 0.1) is 0 Å². The quantitative estimate of drug-likeness (QED) is 0.173. The third kappa shape index (κ3) is 4.65. The predicted octanol–water partition coefficient (Wildman–Crippen LogP) is 16.4. The van der Waals surface area contributed by atoms with Crippen LogP contribution in [0.5, 0.6) is 0 Å². The Morgan fingerprint density at radius 2 is 0.587 bits per heavy atom. The highest BCUT2D eigenvalue weighted by Crippen LogP contribution is 2.62. The van der Waals surface area contributed by atoms with Crippen LogP contribution in [0.15, 0.2) is 162 Å². The third-order valence-electron chi connectivity index (χ3n) is 15.8. The summed E-state index contributed by atoms with van der Waals surface area (Å²) in [7, 11) is 0. The molecule has 0 aliphatic carbocycles. The van der Waals surface area contributed by atoms with Gasteiger partial charge in [-0.15, -0.1) is 0 Å². The van der Waals surface area contributed by atoms with E-state index in [0.717, 1.165) is 21.9 Å². The first-order chi connectivity index (χ1) is 30.3. The van der Waals surface area contributed by atoms with Crippen LogP contribution in [0.4, 0.5) is 34.1 Å². The highest BCUT2D eigenvalue weighted by atomic mass is 16.3. The molecule has 306 valence electrons. The van der Waals surface area contributed by atoms with Crippen LogP contribution < -0.4 is 9.80 Å². The lowest BCUT2D eigenvalue weighted by Crippen LogP contribution is -2.38. The van der Waals surface area contributed by atoms with Crippen molar-refractivity contribution in [2.24, 2.45) is 0 Å². The maximum absolute atomic E-state index is 6.63. The average molecular weight is 815 g/mol. The monoisotopic (exact) mass is 814 g/mol. The molecule has 0 bridgehead atoms. The molecule has 0 N–H and O–H groups in total. The van der Waals surface area contributed by atoms with E-state index in [1.165, 1.54) is 101 Å². The van der Waals surface area contributed by atoms with Crippen molar-refractivity contribution in [2.75, 3.05) is 9.80 Å². The van der Waals surface area contributed by atoms with Gasteiger partial charge in [-0.05, 0) is 140 Å². The number of para-hydroxylation sites is 4. The summed E-state index contributed by atoms with van der Waals surface area (Å²) in [5, 5.41) is 2.28. The Labute approximate surface area is 370 Å². The molecule has 0 unspecified atom stereocenters. The molecule has 3 heteroatoms. The Bertz CT molecular complexity index is 3090. The van der Waals surface area contributed by atoms with Crippen LogP contribution in [-0.4, -0.2) is 0 Å². The molecule has 0 spiro atoms. The van der Waals surface area contributed by atoms with E-state index in [-0.39, 0.29) is 21.7 Å². The van der Waals surface area contributed by atoms with Crippen molar-refractivity contribution < 1.29 is 4.42 Å². The van der Waals surface area contributed by atoms with E-state index >= 15 is 0 Å². The second-order valence-corrected chi connectivity index (χ2v) is 20.6. The highest BCUT2D eigenvalue weighted by molar-refractivity contribution is 6.08. The van der Waals surface area contributed by atoms with Gasteiger partial charge in [0, 0.05) is 32.4 Å². The zero-order valence-corrected chi connectivity index (χ0v) is 37.3. The second-order valence-electron chi connectivity index (χ2n) is 20.6. The van der Waals surface area contributed by atoms with Gasteiger partial charge in [-0.25, -0.2) is 0 Å². The van der Waals surface area contributed by atoms with E-state index in [1.807, 2.05) is 0 Å². The largest absolute Gasteiger partial charge is 0.456 e. The Morgan fingerprint density at radius 1 is 0.302 bits per heavy atom. The lowest BCUT2D eigenvalue weighted by molar-refractivity contribution is 0.597. The molecule has 13 rings (SSSR count). The van der Waals surface area contributed by atoms with E-state index in [9.17, 15) is 0 Å². The van der Waals surface area contributed by atoms with Crippen LogP contribution in [0.2, 0.25) is 0 Å². The molecule has 0 saturated heterocycles. The summed E-state index contributed by atoms with van der Waals surface area (Å²) in [6.07, 6.45) is 0. The number of hydrogen-bond acceptors (Lipinski definition) is 3. The van der Waals surface area contributed by atoms with Crippen molar-refractivity contribution >= 4 is 56.1 Å². The number of benzene rings is 8. The van der Waals surface area contributed by atoms with Crippen LogP contribution in [0.3, 0.4) is 0 Å². The normalized spacial score (nSPS) is 17.3. The van der Waals surface area contributed by atoms with Gasteiger partial charge in [0.1, 0.15) is 11.2 Å². The molecule has 9 aromatic rings. The van der Waals surface area contributed by atoms with E-state index in [0.29, 0.717) is 0 Å². The highest BCUT2D eigenvalue weighted by Gasteiger charge is 2.47. The first-order valence-electron chi connectivity index (χ1n) is 22.6. The van der Waals surface area contributed by atoms with Gasteiger partial charge >= 0.3 is 0 Å². The smallest absolute Gasteiger partial charge is 0.135 e. The third-order valence-corrected chi connectivity index (χ3v) is 15.8. The summed E-state index contributed by atoms with van der Waals surface area (Å²) in [5.74, 6) is 0. The zero-order valence-electron chi connectivity index (χ0n) is 37.3. The number of nitrogens with zero attached hydrogens (tertiary/aromatic N) is 2. The van der Waals surface area contributed by atoms with E-state index in [2.05, 4.69) is 223 Å². The number of fused-ring (bicyclic) bond motifs is 11. The molecule has 63 heavy (non-hydrogen) atoms. The standard InChI is InChI=1S/C60H50N2O/c1-57(2)41-17-9-13-21-49(41)61-50-22-14-10-18-42(50)58(3,4)46-32-37(31-45(57)55(46)61)35-25-27-53-39(29-35)40-30-36(26-28-54(40)63-53)38-33-47-56-48(34-38)60(7,8)44-20-12-16-24-52(44)62(56)51-23-15-11-19-43(51)59(47,5)6/h9-34H,1-8H3. The number of anilines is 6. The molecule has 0 saturated carbocycles. The number of rotatable bonds is 2. The van der Waals surface area contributed by atoms with Gasteiger partial charge in [-0.1, -0.05) is 140 Å². The molecule has 5 heterocycles. The lowest BCUT2D eigenvalue weighted by Gasteiger charge is -2.49. The molecule has 0 radical (unpaired) electrons. The topological polar surface area (TPSA) is 19.6 Å². The molecular weight excluding hydrogens is 765 g/mol. The van der Waals surface area contributed by atoms with Crippen molar-refractivity contribution in [1.82, 2.24) is 0 Å². The van der Waals surface area contributed by atoms with Crippen LogP contribution >= 0.6 is 0 Å². The number of furan rings is 1. The van der Waals surface area contributed by atoms with Gasteiger partial charge in [-0.3, -0.25) is 0 Å². The van der Waals surface area contributed by atoms with Gasteiger partial charge in [0.05, 0.1) is 34.1 Å². The minimum absolute atomic E-state index is 0.199. The first kappa shape index (κ1) is 36.8. The van der Waals surface area contributed by atoms with Crippen molar-refractivity contribution in [1.29, 1.82) is 0 Å². The molecule has 0 amide bonds. The Balaban J connectivity index is 0.995. The van der Waals surface area contributed by atoms with E-state index in [1.54, 1.807) is 0 Å². The van der Waals surface area contributed by atoms with Crippen LogP contribution in [-0.2, 0) is 21.7 Å². The lowest BCUT2D eigenvalue weighted by atomic mass is 9.65. The van der Waals surface area contributed by atoms with Crippen molar-refractivity contribution in [2.45, 2.75) is 77.0 Å². The second kappa shape index (κ2) is 12.0. The fourth-order valence-corrected chi connectivity index (χ4v) is 12.2. The zero-order chi connectivity index (χ0) is 42.9. The molecule has 4 aliphatic heterocycles. The van der Waals surface area contributed by atoms with Crippen molar-refractivity contribution in [3.63, 3.8) is 0 Å². The predicted molar refractivity (Wildman–Crippen MR) is 262 cm³/mol. The Morgan fingerprint density at radius 3 is 0.889 bits per heavy atom. The average Bonchev–Trinajstić information content (AvgIpc) is 3.66. The van der Waals surface area contributed by atoms with Gasteiger partial charge in [-0.2, -0.15) is 0 Å². The molecule has 1 aromatic heterocycles. The summed E-state index contributed by atoms with van der Waals surface area (Å²) in [5.41, 5.74) is 24.5. The van der Waals surface area contributed by atoms with E-state index in [4.69, 9.17) is 4.42 Å². The maximum Gasteiger partial charge on any atom is 0.135 e. The maximum atomic E-state index is 6.63. The first-order valence-corrected chi connectivity index (χ1v) is 22.6. The fraction of sp³-hybridized carbons (Fsp3) is 0.200. The molecule has 0 atom stereocenters. The van der Waals surface area contributed by atoms with Crippen LogP contribution in [0.1, 0.15) is 99.9 Å².